The average Bonchev–Trinajstić information content (AvgIpc) is 3.25. The molecule has 144 valence electrons. The van der Waals surface area contributed by atoms with E-state index in [4.69, 9.17) is 21.2 Å². The number of carbonyl (C=O) groups excluding carboxylic acids is 1. The van der Waals surface area contributed by atoms with Crippen LogP contribution >= 0.6 is 11.6 Å². The number of carboxylic acids is 1. The highest BCUT2D eigenvalue weighted by Crippen LogP contribution is 2.30. The highest BCUT2D eigenvalue weighted by molar-refractivity contribution is 6.31. The van der Waals surface area contributed by atoms with Crippen molar-refractivity contribution in [3.63, 3.8) is 0 Å². The number of likely N-dealkylation sites (tertiary alicyclic amines) is 1. The van der Waals surface area contributed by atoms with E-state index < -0.39 is 11.9 Å². The molecule has 27 heavy (non-hydrogen) atoms. The van der Waals surface area contributed by atoms with Crippen LogP contribution in [-0.4, -0.2) is 45.2 Å². The van der Waals surface area contributed by atoms with Crippen LogP contribution in [0.1, 0.15) is 26.1 Å². The summed E-state index contributed by atoms with van der Waals surface area (Å²) in [6.07, 6.45) is 1.12. The number of nitrogens with one attached hydrogen (secondary N) is 1. The summed E-state index contributed by atoms with van der Waals surface area (Å²) in [4.78, 5) is 29.5. The van der Waals surface area contributed by atoms with Gasteiger partial charge in [-0.2, -0.15) is 4.98 Å². The topological polar surface area (TPSA) is 109 Å². The molecule has 0 radical (unpaired) electrons. The first-order valence-electron chi connectivity index (χ1n) is 8.74. The fourth-order valence-electron chi connectivity index (χ4n) is 2.95. The van der Waals surface area contributed by atoms with Crippen molar-refractivity contribution in [2.75, 3.05) is 18.4 Å². The van der Waals surface area contributed by atoms with Gasteiger partial charge < -0.3 is 19.8 Å². The Balaban J connectivity index is 1.79. The number of aliphatic carboxylic acids is 1. The largest absolute Gasteiger partial charge is 0.481 e. The number of amides is 2. The number of hydrogen-bond donors (Lipinski definition) is 2. The highest BCUT2D eigenvalue weighted by Gasteiger charge is 2.31. The van der Waals surface area contributed by atoms with Crippen LogP contribution in [0.2, 0.25) is 5.02 Å². The summed E-state index contributed by atoms with van der Waals surface area (Å²) in [5.41, 5.74) is 0.996. The van der Waals surface area contributed by atoms with Crippen molar-refractivity contribution in [1.29, 1.82) is 0 Å². The van der Waals surface area contributed by atoms with Gasteiger partial charge in [-0.1, -0.05) is 30.6 Å². The summed E-state index contributed by atoms with van der Waals surface area (Å²) in [7, 11) is 0. The summed E-state index contributed by atoms with van der Waals surface area (Å²) in [6, 6.07) is 4.58. The molecule has 2 N–H and O–H groups in total. The Morgan fingerprint density at radius 1 is 1.44 bits per heavy atom. The van der Waals surface area contributed by atoms with Crippen LogP contribution in [0, 0.1) is 11.8 Å². The van der Waals surface area contributed by atoms with Crippen LogP contribution < -0.4 is 5.32 Å². The molecule has 0 spiro atoms. The summed E-state index contributed by atoms with van der Waals surface area (Å²) in [5, 5.41) is 16.3. The molecule has 1 unspecified atom stereocenters. The predicted octanol–water partition coefficient (Wildman–Crippen LogP) is 3.53. The van der Waals surface area contributed by atoms with E-state index in [0.29, 0.717) is 47.4 Å². The number of carboxylic acid groups (broad SMARTS) is 1. The van der Waals surface area contributed by atoms with E-state index in [-0.39, 0.29) is 18.5 Å². The van der Waals surface area contributed by atoms with Crippen LogP contribution in [0.15, 0.2) is 22.7 Å². The van der Waals surface area contributed by atoms with Crippen molar-refractivity contribution in [3.8, 4) is 11.5 Å². The third-order valence-electron chi connectivity index (χ3n) is 4.34. The zero-order valence-electron chi connectivity index (χ0n) is 15.1. The smallest absolute Gasteiger partial charge is 0.321 e. The van der Waals surface area contributed by atoms with Crippen molar-refractivity contribution in [2.45, 2.75) is 26.7 Å². The lowest BCUT2D eigenvalue weighted by Crippen LogP contribution is -2.33. The first-order valence-corrected chi connectivity index (χ1v) is 9.12. The number of rotatable bonds is 5. The number of urea groups is 1. The first kappa shape index (κ1) is 19.2. The van der Waals surface area contributed by atoms with Crippen LogP contribution in [0.25, 0.3) is 11.5 Å². The second-order valence-corrected chi connectivity index (χ2v) is 7.44. The van der Waals surface area contributed by atoms with Crippen LogP contribution in [0.3, 0.4) is 0 Å². The minimum atomic E-state index is -0.888. The summed E-state index contributed by atoms with van der Waals surface area (Å²) < 4.78 is 5.34. The Bertz CT molecular complexity index is 852. The van der Waals surface area contributed by atoms with E-state index >= 15 is 0 Å². The van der Waals surface area contributed by atoms with Gasteiger partial charge in [-0.25, -0.2) is 4.79 Å². The Labute approximate surface area is 161 Å². The van der Waals surface area contributed by atoms with Gasteiger partial charge in [-0.3, -0.25) is 4.79 Å². The molecule has 0 saturated carbocycles. The van der Waals surface area contributed by atoms with E-state index in [1.807, 2.05) is 0 Å². The quantitative estimate of drug-likeness (QED) is 0.805. The molecule has 0 aliphatic carbocycles. The van der Waals surface area contributed by atoms with Crippen molar-refractivity contribution in [3.05, 3.63) is 29.0 Å². The fraction of sp³-hybridized carbons (Fsp3) is 0.444. The molecule has 1 saturated heterocycles. The lowest BCUT2D eigenvalue weighted by Gasteiger charge is -2.18. The number of carbonyl (C=O) groups is 2. The molecular weight excluding hydrogens is 372 g/mol. The normalized spacial score (nSPS) is 16.7. The van der Waals surface area contributed by atoms with Crippen molar-refractivity contribution < 1.29 is 19.2 Å². The summed E-state index contributed by atoms with van der Waals surface area (Å²) in [6.45, 7) is 4.69. The molecule has 1 aliphatic heterocycles. The number of aromatic nitrogens is 2. The maximum Gasteiger partial charge on any atom is 0.321 e. The van der Waals surface area contributed by atoms with Crippen molar-refractivity contribution in [2.24, 2.45) is 11.8 Å². The minimum Gasteiger partial charge on any atom is -0.481 e. The third kappa shape index (κ3) is 4.57. The monoisotopic (exact) mass is 392 g/mol. The van der Waals surface area contributed by atoms with Gasteiger partial charge in [0.2, 0.25) is 0 Å². The average molecular weight is 393 g/mol. The van der Waals surface area contributed by atoms with Crippen LogP contribution in [0.4, 0.5) is 10.5 Å². The maximum atomic E-state index is 12.5. The van der Waals surface area contributed by atoms with Gasteiger partial charge in [0.05, 0.1) is 17.2 Å². The van der Waals surface area contributed by atoms with Gasteiger partial charge in [-0.15, -0.1) is 0 Å². The van der Waals surface area contributed by atoms with E-state index in [1.165, 1.54) is 4.90 Å². The maximum absolute atomic E-state index is 12.5. The van der Waals surface area contributed by atoms with Crippen LogP contribution in [-0.2, 0) is 11.2 Å². The SMILES string of the molecule is CC(C)Cc1noc(-c2cc(Cl)ccc2NC(=O)N2CCC(C(=O)O)C2)n1. The number of hydrogen-bond acceptors (Lipinski definition) is 5. The molecule has 9 heteroatoms. The predicted molar refractivity (Wildman–Crippen MR) is 99.6 cm³/mol. The first-order chi connectivity index (χ1) is 12.8. The molecule has 1 atom stereocenters. The third-order valence-corrected chi connectivity index (χ3v) is 4.57. The molecule has 2 amide bonds. The van der Waals surface area contributed by atoms with Crippen LogP contribution in [0.5, 0.6) is 0 Å². The van der Waals surface area contributed by atoms with Gasteiger partial charge >= 0.3 is 12.0 Å². The van der Waals surface area contributed by atoms with Gasteiger partial charge in [0, 0.05) is 24.5 Å². The minimum absolute atomic E-state index is 0.184. The summed E-state index contributed by atoms with van der Waals surface area (Å²) >= 11 is 6.10. The lowest BCUT2D eigenvalue weighted by molar-refractivity contribution is -0.141. The Morgan fingerprint density at radius 3 is 2.89 bits per heavy atom. The van der Waals surface area contributed by atoms with Gasteiger partial charge in [0.1, 0.15) is 0 Å². The molecule has 0 bridgehead atoms. The van der Waals surface area contributed by atoms with E-state index in [9.17, 15) is 9.59 Å². The highest BCUT2D eigenvalue weighted by atomic mass is 35.5. The van der Waals surface area contributed by atoms with Gasteiger partial charge in [0.25, 0.3) is 5.89 Å². The number of anilines is 1. The zero-order chi connectivity index (χ0) is 19.6. The zero-order valence-corrected chi connectivity index (χ0v) is 15.9. The molecule has 1 aliphatic rings. The Morgan fingerprint density at radius 2 is 2.22 bits per heavy atom. The second kappa shape index (κ2) is 7.96. The lowest BCUT2D eigenvalue weighted by atomic mass is 10.1. The standard InChI is InChI=1S/C18H21ClN4O4/c1-10(2)7-15-21-16(27-22-15)13-8-12(19)3-4-14(13)20-18(26)23-6-5-11(9-23)17(24)25/h3-4,8,10-11H,5-7,9H2,1-2H3,(H,20,26)(H,24,25). The van der Waals surface area contributed by atoms with Crippen molar-refractivity contribution >= 4 is 29.3 Å². The number of benzene rings is 1. The van der Waals surface area contributed by atoms with E-state index in [0.717, 1.165) is 0 Å². The molecule has 2 heterocycles. The molecular formula is C18H21ClN4O4. The molecule has 1 fully saturated rings. The fourth-order valence-corrected chi connectivity index (χ4v) is 3.13. The molecule has 2 aromatic rings. The van der Waals surface area contributed by atoms with Crippen molar-refractivity contribution in [1.82, 2.24) is 15.0 Å². The number of halogens is 1. The van der Waals surface area contributed by atoms with Gasteiger partial charge in [0.15, 0.2) is 5.82 Å². The number of nitrogens with zero attached hydrogens (tertiary/aromatic N) is 3. The Kier molecular flexibility index (Phi) is 5.65. The summed E-state index contributed by atoms with van der Waals surface area (Å²) in [5.74, 6) is -0.184. The van der Waals surface area contributed by atoms with E-state index in [2.05, 4.69) is 29.3 Å². The molecule has 1 aromatic heterocycles. The molecule has 3 rings (SSSR count). The molecule has 1 aromatic carbocycles. The van der Waals surface area contributed by atoms with Gasteiger partial charge in [-0.05, 0) is 30.5 Å². The molecule has 8 nitrogen and oxygen atoms in total. The second-order valence-electron chi connectivity index (χ2n) is 7.00. The Hall–Kier alpha value is -2.61. The van der Waals surface area contributed by atoms with E-state index in [1.54, 1.807) is 18.2 Å².